The molecule has 26 heavy (non-hydrogen) atoms. The minimum absolute atomic E-state index is 0.413. The fourth-order valence-corrected chi connectivity index (χ4v) is 2.64. The van der Waals surface area contributed by atoms with Crippen molar-refractivity contribution in [1.29, 1.82) is 0 Å². The largest absolute Gasteiger partial charge is 0.416 e. The molecule has 3 nitrogen and oxygen atoms in total. The summed E-state index contributed by atoms with van der Waals surface area (Å²) in [5.74, 6) is 1.10. The predicted molar refractivity (Wildman–Crippen MR) is 95.8 cm³/mol. The van der Waals surface area contributed by atoms with Crippen molar-refractivity contribution < 1.29 is 13.2 Å². The molecule has 0 unspecified atom stereocenters. The molecule has 1 aromatic heterocycles. The lowest BCUT2D eigenvalue weighted by Gasteiger charge is -2.11. The lowest BCUT2D eigenvalue weighted by Crippen LogP contribution is -2.08. The third-order valence-corrected chi connectivity index (χ3v) is 3.89. The van der Waals surface area contributed by atoms with Gasteiger partial charge in [-0.3, -0.25) is 0 Å². The van der Waals surface area contributed by atoms with E-state index < -0.39 is 11.7 Å². The first-order chi connectivity index (χ1) is 12.4. The summed E-state index contributed by atoms with van der Waals surface area (Å²) < 4.78 is 38.8. The number of rotatable bonds is 5. The van der Waals surface area contributed by atoms with Crippen LogP contribution in [0.5, 0.6) is 0 Å². The third-order valence-electron chi connectivity index (χ3n) is 3.89. The van der Waals surface area contributed by atoms with Crippen LogP contribution in [0.25, 0.3) is 11.3 Å². The fraction of sp³-hybridized carbons (Fsp3) is 0.200. The lowest BCUT2D eigenvalue weighted by atomic mass is 10.1. The molecule has 1 heterocycles. The number of hydrogen-bond acceptors (Lipinski definition) is 3. The van der Waals surface area contributed by atoms with E-state index >= 15 is 0 Å². The predicted octanol–water partition coefficient (Wildman–Crippen LogP) is 5.13. The minimum atomic E-state index is -4.38. The van der Waals surface area contributed by atoms with E-state index in [-0.39, 0.29) is 0 Å². The maximum atomic E-state index is 12.9. The number of nitrogens with zero attached hydrogens (tertiary/aromatic N) is 2. The Balaban J connectivity index is 1.77. The van der Waals surface area contributed by atoms with E-state index in [2.05, 4.69) is 15.3 Å². The van der Waals surface area contributed by atoms with Crippen LogP contribution in [0.2, 0.25) is 0 Å². The van der Waals surface area contributed by atoms with E-state index in [0.29, 0.717) is 29.4 Å². The first-order valence-corrected chi connectivity index (χ1v) is 8.23. The summed E-state index contributed by atoms with van der Waals surface area (Å²) >= 11 is 0. The Bertz CT molecular complexity index is 877. The minimum Gasteiger partial charge on any atom is -0.370 e. The van der Waals surface area contributed by atoms with E-state index in [0.717, 1.165) is 18.6 Å². The van der Waals surface area contributed by atoms with Gasteiger partial charge in [-0.25, -0.2) is 9.97 Å². The average molecular weight is 357 g/mol. The molecule has 3 aromatic rings. The Morgan fingerprint density at radius 3 is 2.42 bits per heavy atom. The molecule has 0 aliphatic carbocycles. The monoisotopic (exact) mass is 357 g/mol. The summed E-state index contributed by atoms with van der Waals surface area (Å²) in [4.78, 5) is 8.59. The maximum absolute atomic E-state index is 12.9. The van der Waals surface area contributed by atoms with E-state index in [1.54, 1.807) is 19.1 Å². The Hall–Kier alpha value is -2.89. The zero-order chi connectivity index (χ0) is 18.6. The standard InChI is InChI=1S/C20H18F3N3/c1-14-25-18(16-8-5-9-17(12-16)20(21,22)23)13-19(26-14)24-11-10-15-6-3-2-4-7-15/h2-9,12-13H,10-11H2,1H3,(H,24,25,26). The first-order valence-electron chi connectivity index (χ1n) is 8.23. The molecule has 0 saturated heterocycles. The molecule has 0 spiro atoms. The van der Waals surface area contributed by atoms with Gasteiger partial charge in [0.25, 0.3) is 0 Å². The summed E-state index contributed by atoms with van der Waals surface area (Å²) in [5, 5.41) is 3.22. The second-order valence-corrected chi connectivity index (χ2v) is 5.93. The molecule has 3 rings (SSSR count). The Kier molecular flexibility index (Phi) is 5.21. The number of hydrogen-bond donors (Lipinski definition) is 1. The Labute approximate surface area is 149 Å². The van der Waals surface area contributed by atoms with Crippen molar-refractivity contribution in [1.82, 2.24) is 9.97 Å². The van der Waals surface area contributed by atoms with Gasteiger partial charge in [-0.15, -0.1) is 0 Å². The van der Waals surface area contributed by atoms with E-state index in [9.17, 15) is 13.2 Å². The molecule has 0 fully saturated rings. The molecular formula is C20H18F3N3. The van der Waals surface area contributed by atoms with Gasteiger partial charge < -0.3 is 5.32 Å². The summed E-state index contributed by atoms with van der Waals surface area (Å²) in [6.45, 7) is 2.39. The van der Waals surface area contributed by atoms with Crippen molar-refractivity contribution in [2.75, 3.05) is 11.9 Å². The van der Waals surface area contributed by atoms with Crippen LogP contribution in [0, 0.1) is 6.92 Å². The molecular weight excluding hydrogens is 339 g/mol. The third kappa shape index (κ3) is 4.59. The molecule has 6 heteroatoms. The van der Waals surface area contributed by atoms with Gasteiger partial charge >= 0.3 is 6.18 Å². The number of halogens is 3. The summed E-state index contributed by atoms with van der Waals surface area (Å²) in [6.07, 6.45) is -3.56. The van der Waals surface area contributed by atoms with Gasteiger partial charge in [-0.2, -0.15) is 13.2 Å². The van der Waals surface area contributed by atoms with Gasteiger partial charge in [0.15, 0.2) is 0 Å². The molecule has 0 aliphatic rings. The van der Waals surface area contributed by atoms with Crippen LogP contribution in [-0.2, 0) is 12.6 Å². The summed E-state index contributed by atoms with van der Waals surface area (Å²) in [5.41, 5.74) is 1.39. The number of aromatic nitrogens is 2. The number of nitrogens with one attached hydrogen (secondary N) is 1. The van der Waals surface area contributed by atoms with E-state index in [1.807, 2.05) is 30.3 Å². The second kappa shape index (κ2) is 7.56. The average Bonchev–Trinajstić information content (AvgIpc) is 2.62. The van der Waals surface area contributed by atoms with Gasteiger partial charge in [-0.1, -0.05) is 42.5 Å². The summed E-state index contributed by atoms with van der Waals surface area (Å²) in [7, 11) is 0. The van der Waals surface area contributed by atoms with Crippen molar-refractivity contribution in [3.63, 3.8) is 0 Å². The molecule has 0 bridgehead atoms. The van der Waals surface area contributed by atoms with Crippen molar-refractivity contribution in [3.05, 3.63) is 77.6 Å². The number of benzene rings is 2. The van der Waals surface area contributed by atoms with Gasteiger partial charge in [0.05, 0.1) is 11.3 Å². The maximum Gasteiger partial charge on any atom is 0.416 e. The topological polar surface area (TPSA) is 37.8 Å². The van der Waals surface area contributed by atoms with Gasteiger partial charge in [0.1, 0.15) is 11.6 Å². The van der Waals surface area contributed by atoms with Crippen LogP contribution in [-0.4, -0.2) is 16.5 Å². The molecule has 0 atom stereocenters. The van der Waals surface area contributed by atoms with Crippen LogP contribution >= 0.6 is 0 Å². The van der Waals surface area contributed by atoms with Crippen molar-refractivity contribution in [2.24, 2.45) is 0 Å². The van der Waals surface area contributed by atoms with Crippen LogP contribution in [0.15, 0.2) is 60.7 Å². The van der Waals surface area contributed by atoms with Crippen LogP contribution in [0.3, 0.4) is 0 Å². The molecule has 1 N–H and O–H groups in total. The SMILES string of the molecule is Cc1nc(NCCc2ccccc2)cc(-c2cccc(C(F)(F)F)c2)n1. The lowest BCUT2D eigenvalue weighted by molar-refractivity contribution is -0.137. The highest BCUT2D eigenvalue weighted by Crippen LogP contribution is 2.32. The molecule has 2 aromatic carbocycles. The second-order valence-electron chi connectivity index (χ2n) is 5.93. The number of alkyl halides is 3. The normalized spacial score (nSPS) is 11.4. The van der Waals surface area contributed by atoms with E-state index in [1.165, 1.54) is 11.6 Å². The highest BCUT2D eigenvalue weighted by Gasteiger charge is 2.30. The summed E-state index contributed by atoms with van der Waals surface area (Å²) in [6, 6.07) is 16.8. The molecule has 0 amide bonds. The molecule has 134 valence electrons. The highest BCUT2D eigenvalue weighted by molar-refractivity contribution is 5.63. The zero-order valence-electron chi connectivity index (χ0n) is 14.2. The van der Waals surface area contributed by atoms with Crippen LogP contribution in [0.4, 0.5) is 19.0 Å². The quantitative estimate of drug-likeness (QED) is 0.688. The smallest absolute Gasteiger partial charge is 0.370 e. The van der Waals surface area contributed by atoms with Gasteiger partial charge in [-0.05, 0) is 31.0 Å². The Morgan fingerprint density at radius 1 is 0.923 bits per heavy atom. The number of aryl methyl sites for hydroxylation is 1. The first kappa shape index (κ1) is 17.9. The zero-order valence-corrected chi connectivity index (χ0v) is 14.2. The van der Waals surface area contributed by atoms with Gasteiger partial charge in [0, 0.05) is 18.2 Å². The van der Waals surface area contributed by atoms with Crippen LogP contribution in [0.1, 0.15) is 17.0 Å². The van der Waals surface area contributed by atoms with Crippen molar-refractivity contribution in [3.8, 4) is 11.3 Å². The van der Waals surface area contributed by atoms with Crippen molar-refractivity contribution >= 4 is 5.82 Å². The highest BCUT2D eigenvalue weighted by atomic mass is 19.4. The molecule has 0 aliphatic heterocycles. The van der Waals surface area contributed by atoms with Crippen molar-refractivity contribution in [2.45, 2.75) is 19.5 Å². The fourth-order valence-electron chi connectivity index (χ4n) is 2.64. The van der Waals surface area contributed by atoms with Crippen LogP contribution < -0.4 is 5.32 Å². The molecule has 0 saturated carbocycles. The van der Waals surface area contributed by atoms with E-state index in [4.69, 9.17) is 0 Å². The van der Waals surface area contributed by atoms with Gasteiger partial charge in [0.2, 0.25) is 0 Å². The Morgan fingerprint density at radius 2 is 1.69 bits per heavy atom. The number of anilines is 1. The molecule has 0 radical (unpaired) electrons.